The lowest BCUT2D eigenvalue weighted by Crippen LogP contribution is -2.37. The number of hydrogen-bond acceptors (Lipinski definition) is 4. The highest BCUT2D eigenvalue weighted by molar-refractivity contribution is 5.67. The number of hydrogen-bond donors (Lipinski definition) is 1. The molecule has 4 nitrogen and oxygen atoms in total. The summed E-state index contributed by atoms with van der Waals surface area (Å²) in [5.74, 6) is 0. The number of alkyl halides is 3. The van der Waals surface area contributed by atoms with Gasteiger partial charge in [0.2, 0.25) is 0 Å². The molecule has 7 heteroatoms. The first-order valence-corrected chi connectivity index (χ1v) is 7.27. The summed E-state index contributed by atoms with van der Waals surface area (Å²) in [4.78, 5) is 7.83. The van der Waals surface area contributed by atoms with Crippen molar-refractivity contribution in [3.8, 4) is 0 Å². The van der Waals surface area contributed by atoms with E-state index in [0.29, 0.717) is 17.4 Å². The van der Waals surface area contributed by atoms with Crippen LogP contribution in [0.1, 0.15) is 25.0 Å². The smallest absolute Gasteiger partial charge is 0.396 e. The molecule has 1 unspecified atom stereocenters. The van der Waals surface area contributed by atoms with Crippen LogP contribution < -0.4 is 10.6 Å². The van der Waals surface area contributed by atoms with Crippen LogP contribution in [-0.2, 0) is 6.18 Å². The molecule has 2 saturated heterocycles. The van der Waals surface area contributed by atoms with Crippen molar-refractivity contribution in [3.63, 3.8) is 0 Å². The van der Waals surface area contributed by atoms with E-state index in [1.165, 1.54) is 0 Å². The van der Waals surface area contributed by atoms with Crippen LogP contribution in [-0.4, -0.2) is 42.1 Å². The van der Waals surface area contributed by atoms with Crippen molar-refractivity contribution < 1.29 is 13.2 Å². The molecule has 0 aromatic carbocycles. The van der Waals surface area contributed by atoms with E-state index < -0.39 is 11.9 Å². The van der Waals surface area contributed by atoms with Gasteiger partial charge in [-0.25, -0.2) is 4.98 Å². The van der Waals surface area contributed by atoms with Crippen LogP contribution in [0, 0.1) is 0 Å². The predicted octanol–water partition coefficient (Wildman–Crippen LogP) is 2.36. The molecule has 1 atom stereocenters. The average molecular weight is 300 g/mol. The molecule has 0 saturated carbocycles. The van der Waals surface area contributed by atoms with Crippen LogP contribution >= 0.6 is 0 Å². The zero-order chi connectivity index (χ0) is 15.0. The second-order valence-electron chi connectivity index (χ2n) is 5.76. The predicted molar refractivity (Wildman–Crippen MR) is 75.1 cm³/mol. The standard InChI is InChI=1S/C14H19F3N4/c15-14(16,17)13-7-12(11(18)8-19-13)21-6-2-5-20-4-1-3-10(20)9-21/h7-8,10H,1-6,9,18H2. The molecule has 3 rings (SSSR count). The third-order valence-corrected chi connectivity index (χ3v) is 4.35. The summed E-state index contributed by atoms with van der Waals surface area (Å²) in [6.45, 7) is 3.58. The normalized spacial score (nSPS) is 24.0. The Hall–Kier alpha value is -1.50. The summed E-state index contributed by atoms with van der Waals surface area (Å²) in [7, 11) is 0. The monoisotopic (exact) mass is 300 g/mol. The quantitative estimate of drug-likeness (QED) is 0.865. The molecule has 0 amide bonds. The topological polar surface area (TPSA) is 45.4 Å². The number of nitrogens with zero attached hydrogens (tertiary/aromatic N) is 3. The summed E-state index contributed by atoms with van der Waals surface area (Å²) in [6, 6.07) is 1.51. The van der Waals surface area contributed by atoms with E-state index in [0.717, 1.165) is 57.7 Å². The van der Waals surface area contributed by atoms with Gasteiger partial charge in [-0.2, -0.15) is 13.2 Å². The molecule has 116 valence electrons. The first-order chi connectivity index (χ1) is 9.95. The Morgan fingerprint density at radius 2 is 1.95 bits per heavy atom. The summed E-state index contributed by atoms with van der Waals surface area (Å²) >= 11 is 0. The van der Waals surface area contributed by atoms with Crippen LogP contribution in [0.3, 0.4) is 0 Å². The van der Waals surface area contributed by atoms with Gasteiger partial charge < -0.3 is 10.6 Å². The Labute approximate surface area is 121 Å². The van der Waals surface area contributed by atoms with E-state index in [1.807, 2.05) is 4.90 Å². The first-order valence-electron chi connectivity index (χ1n) is 7.27. The molecule has 21 heavy (non-hydrogen) atoms. The molecule has 2 N–H and O–H groups in total. The van der Waals surface area contributed by atoms with Gasteiger partial charge >= 0.3 is 6.18 Å². The summed E-state index contributed by atoms with van der Waals surface area (Å²) in [5, 5.41) is 0. The van der Waals surface area contributed by atoms with E-state index in [2.05, 4.69) is 9.88 Å². The largest absolute Gasteiger partial charge is 0.433 e. The van der Waals surface area contributed by atoms with Crippen LogP contribution in [0.2, 0.25) is 0 Å². The third kappa shape index (κ3) is 2.92. The Kier molecular flexibility index (Phi) is 3.69. The van der Waals surface area contributed by atoms with Crippen molar-refractivity contribution in [1.29, 1.82) is 0 Å². The third-order valence-electron chi connectivity index (χ3n) is 4.35. The van der Waals surface area contributed by atoms with E-state index in [-0.39, 0.29) is 0 Å². The van der Waals surface area contributed by atoms with Crippen LogP contribution in [0.15, 0.2) is 12.3 Å². The van der Waals surface area contributed by atoms with Gasteiger partial charge in [0.05, 0.1) is 17.6 Å². The maximum absolute atomic E-state index is 12.8. The number of rotatable bonds is 1. The molecule has 2 aliphatic heterocycles. The minimum absolute atomic E-state index is 0.314. The zero-order valence-electron chi connectivity index (χ0n) is 11.7. The molecule has 0 aliphatic carbocycles. The van der Waals surface area contributed by atoms with E-state index in [1.54, 1.807) is 0 Å². The highest BCUT2D eigenvalue weighted by Crippen LogP contribution is 2.34. The Morgan fingerprint density at radius 1 is 1.19 bits per heavy atom. The second kappa shape index (κ2) is 5.36. The van der Waals surface area contributed by atoms with Gasteiger partial charge in [0.15, 0.2) is 0 Å². The lowest BCUT2D eigenvalue weighted by atomic mass is 10.2. The number of nitrogen functional groups attached to an aromatic ring is 1. The van der Waals surface area contributed by atoms with Gasteiger partial charge in [0, 0.05) is 25.7 Å². The molecule has 3 heterocycles. The number of anilines is 2. The lowest BCUT2D eigenvalue weighted by Gasteiger charge is -2.28. The molecule has 2 fully saturated rings. The molecule has 2 aliphatic rings. The van der Waals surface area contributed by atoms with Crippen molar-refractivity contribution in [2.24, 2.45) is 0 Å². The van der Waals surface area contributed by atoms with Crippen molar-refractivity contribution in [2.45, 2.75) is 31.5 Å². The van der Waals surface area contributed by atoms with E-state index >= 15 is 0 Å². The molecular formula is C14H19F3N4. The van der Waals surface area contributed by atoms with E-state index in [9.17, 15) is 13.2 Å². The van der Waals surface area contributed by atoms with Crippen LogP contribution in [0.25, 0.3) is 0 Å². The van der Waals surface area contributed by atoms with Crippen molar-refractivity contribution in [1.82, 2.24) is 9.88 Å². The molecular weight excluding hydrogens is 281 g/mol. The number of nitrogens with two attached hydrogens (primary N) is 1. The Balaban J connectivity index is 1.88. The SMILES string of the molecule is Nc1cnc(C(F)(F)F)cc1N1CCCN2CCCC2C1. The van der Waals surface area contributed by atoms with Gasteiger partial charge in [0.25, 0.3) is 0 Å². The highest BCUT2D eigenvalue weighted by atomic mass is 19.4. The first kappa shape index (κ1) is 14.4. The van der Waals surface area contributed by atoms with E-state index in [4.69, 9.17) is 5.73 Å². The highest BCUT2D eigenvalue weighted by Gasteiger charge is 2.34. The average Bonchev–Trinajstić information content (AvgIpc) is 2.75. The maximum atomic E-state index is 12.8. The fourth-order valence-corrected chi connectivity index (χ4v) is 3.31. The van der Waals surface area contributed by atoms with Crippen molar-refractivity contribution in [2.75, 3.05) is 36.8 Å². The van der Waals surface area contributed by atoms with Crippen molar-refractivity contribution in [3.05, 3.63) is 18.0 Å². The molecule has 0 bridgehead atoms. The van der Waals surface area contributed by atoms with Gasteiger partial charge in [-0.15, -0.1) is 0 Å². The van der Waals surface area contributed by atoms with Gasteiger partial charge in [-0.1, -0.05) is 0 Å². The minimum atomic E-state index is -4.44. The van der Waals surface area contributed by atoms with Crippen LogP contribution in [0.4, 0.5) is 24.5 Å². The number of fused-ring (bicyclic) bond motifs is 1. The number of aromatic nitrogens is 1. The number of halogens is 3. The van der Waals surface area contributed by atoms with Crippen LogP contribution in [0.5, 0.6) is 0 Å². The summed E-state index contributed by atoms with van der Waals surface area (Å²) in [6.07, 6.45) is -0.103. The van der Waals surface area contributed by atoms with Crippen molar-refractivity contribution >= 4 is 11.4 Å². The second-order valence-corrected chi connectivity index (χ2v) is 5.76. The zero-order valence-corrected chi connectivity index (χ0v) is 11.7. The maximum Gasteiger partial charge on any atom is 0.433 e. The Morgan fingerprint density at radius 3 is 2.71 bits per heavy atom. The molecule has 0 spiro atoms. The fraction of sp³-hybridized carbons (Fsp3) is 0.643. The van der Waals surface area contributed by atoms with Gasteiger partial charge in [-0.05, 0) is 31.9 Å². The Bertz CT molecular complexity index is 517. The summed E-state index contributed by atoms with van der Waals surface area (Å²) < 4.78 is 38.5. The summed E-state index contributed by atoms with van der Waals surface area (Å²) in [5.41, 5.74) is 5.77. The minimum Gasteiger partial charge on any atom is -0.396 e. The van der Waals surface area contributed by atoms with Gasteiger partial charge in [0.1, 0.15) is 5.69 Å². The molecule has 1 aromatic heterocycles. The lowest BCUT2D eigenvalue weighted by molar-refractivity contribution is -0.141. The molecule has 1 aromatic rings. The van der Waals surface area contributed by atoms with Gasteiger partial charge in [-0.3, -0.25) is 4.90 Å². The molecule has 0 radical (unpaired) electrons. The fourth-order valence-electron chi connectivity index (χ4n) is 3.31. The number of pyridine rings is 1.